The zero-order valence-electron chi connectivity index (χ0n) is 7.07. The Labute approximate surface area is 89.4 Å². The van der Waals surface area contributed by atoms with Crippen molar-refractivity contribution in [1.82, 2.24) is 10.2 Å². The van der Waals surface area contributed by atoms with Crippen LogP contribution < -0.4 is 5.56 Å². The number of halogens is 4. The number of aromatic amines is 2. The second-order valence-electron chi connectivity index (χ2n) is 2.92. The molecule has 0 spiro atoms. The molecule has 0 radical (unpaired) electrons. The zero-order chi connectivity index (χ0) is 11.2. The first-order chi connectivity index (χ1) is 6.91. The summed E-state index contributed by atoms with van der Waals surface area (Å²) in [5.41, 5.74) is -1.68. The Morgan fingerprint density at radius 1 is 1.20 bits per heavy atom. The second-order valence-corrected chi connectivity index (χ2v) is 3.78. The van der Waals surface area contributed by atoms with Gasteiger partial charge in [-0.1, -0.05) is 0 Å². The van der Waals surface area contributed by atoms with Crippen LogP contribution in [0.5, 0.6) is 0 Å². The Morgan fingerprint density at radius 2 is 1.87 bits per heavy atom. The van der Waals surface area contributed by atoms with Gasteiger partial charge in [-0.15, -0.1) is 0 Å². The van der Waals surface area contributed by atoms with Crippen LogP contribution in [0.1, 0.15) is 5.56 Å². The van der Waals surface area contributed by atoms with Crippen molar-refractivity contribution < 1.29 is 13.2 Å². The van der Waals surface area contributed by atoms with E-state index in [1.165, 1.54) is 6.07 Å². The van der Waals surface area contributed by atoms with E-state index in [9.17, 15) is 18.0 Å². The van der Waals surface area contributed by atoms with Gasteiger partial charge in [0.15, 0.2) is 0 Å². The van der Waals surface area contributed by atoms with Gasteiger partial charge < -0.3 is 0 Å². The number of rotatable bonds is 0. The van der Waals surface area contributed by atoms with Gasteiger partial charge in [0.1, 0.15) is 0 Å². The molecule has 0 aliphatic heterocycles. The van der Waals surface area contributed by atoms with Crippen LogP contribution >= 0.6 is 15.9 Å². The highest BCUT2D eigenvalue weighted by Crippen LogP contribution is 2.35. The lowest BCUT2D eigenvalue weighted by molar-refractivity contribution is -0.136. The predicted molar refractivity (Wildman–Crippen MR) is 51.6 cm³/mol. The third-order valence-corrected chi connectivity index (χ3v) is 2.65. The number of hydrogen-bond acceptors (Lipinski definition) is 1. The molecule has 1 aromatic heterocycles. The quantitative estimate of drug-likeness (QED) is 0.766. The molecular formula is C8H4BrF3N2O. The van der Waals surface area contributed by atoms with Gasteiger partial charge in [0, 0.05) is 4.47 Å². The van der Waals surface area contributed by atoms with E-state index < -0.39 is 17.3 Å². The third-order valence-electron chi connectivity index (χ3n) is 1.99. The Balaban J connectivity index is 2.91. The molecule has 80 valence electrons. The maximum Gasteiger partial charge on any atom is 0.418 e. The fourth-order valence-corrected chi connectivity index (χ4v) is 1.86. The fraction of sp³-hybridized carbons (Fsp3) is 0.125. The van der Waals surface area contributed by atoms with E-state index in [1.807, 2.05) is 0 Å². The van der Waals surface area contributed by atoms with E-state index in [0.717, 1.165) is 6.07 Å². The summed E-state index contributed by atoms with van der Waals surface area (Å²) in [6.45, 7) is 0. The average Bonchev–Trinajstić information content (AvgIpc) is 2.47. The number of hydrogen-bond donors (Lipinski definition) is 2. The van der Waals surface area contributed by atoms with Crippen molar-refractivity contribution >= 4 is 26.8 Å². The number of fused-ring (bicyclic) bond motifs is 1. The molecule has 0 unspecified atom stereocenters. The lowest BCUT2D eigenvalue weighted by Crippen LogP contribution is -2.06. The third kappa shape index (κ3) is 1.56. The topological polar surface area (TPSA) is 48.6 Å². The van der Waals surface area contributed by atoms with Crippen LogP contribution in [0.25, 0.3) is 10.9 Å². The van der Waals surface area contributed by atoms with E-state index in [0.29, 0.717) is 4.47 Å². The van der Waals surface area contributed by atoms with Crippen molar-refractivity contribution in [1.29, 1.82) is 0 Å². The molecule has 1 heterocycles. The van der Waals surface area contributed by atoms with Gasteiger partial charge in [0.05, 0.1) is 16.5 Å². The van der Waals surface area contributed by atoms with Gasteiger partial charge >= 0.3 is 6.18 Å². The Hall–Kier alpha value is -1.24. The number of H-pyrrole nitrogens is 2. The van der Waals surface area contributed by atoms with Crippen LogP contribution in [0.4, 0.5) is 13.2 Å². The van der Waals surface area contributed by atoms with E-state index in [-0.39, 0.29) is 10.9 Å². The molecule has 7 heteroatoms. The molecule has 0 amide bonds. The van der Waals surface area contributed by atoms with E-state index in [1.54, 1.807) is 0 Å². The first-order valence-corrected chi connectivity index (χ1v) is 4.66. The van der Waals surface area contributed by atoms with Crippen LogP contribution in [-0.4, -0.2) is 10.2 Å². The lowest BCUT2D eigenvalue weighted by Gasteiger charge is -2.07. The summed E-state index contributed by atoms with van der Waals surface area (Å²) in [5.74, 6) is 0. The molecular weight excluding hydrogens is 277 g/mol. The van der Waals surface area contributed by atoms with Crippen LogP contribution in [0, 0.1) is 0 Å². The highest BCUT2D eigenvalue weighted by atomic mass is 79.9. The monoisotopic (exact) mass is 280 g/mol. The zero-order valence-corrected chi connectivity index (χ0v) is 8.66. The number of nitrogens with one attached hydrogen (secondary N) is 2. The number of alkyl halides is 3. The van der Waals surface area contributed by atoms with Gasteiger partial charge in [-0.25, -0.2) is 0 Å². The molecule has 0 aliphatic carbocycles. The molecule has 0 atom stereocenters. The van der Waals surface area contributed by atoms with Crippen LogP contribution in [0.3, 0.4) is 0 Å². The molecule has 0 aliphatic rings. The summed E-state index contributed by atoms with van der Waals surface area (Å²) >= 11 is 3.02. The minimum absolute atomic E-state index is 0.0233. The van der Waals surface area contributed by atoms with Crippen LogP contribution in [0.15, 0.2) is 21.4 Å². The summed E-state index contributed by atoms with van der Waals surface area (Å²) in [5, 5.41) is 4.31. The van der Waals surface area contributed by atoms with Crippen molar-refractivity contribution in [2.75, 3.05) is 0 Å². The summed E-state index contributed by atoms with van der Waals surface area (Å²) < 4.78 is 37.8. The minimum Gasteiger partial charge on any atom is -0.297 e. The fourth-order valence-electron chi connectivity index (χ4n) is 1.35. The van der Waals surface area contributed by atoms with Crippen molar-refractivity contribution in [3.63, 3.8) is 0 Å². The van der Waals surface area contributed by atoms with Crippen molar-refractivity contribution in [3.05, 3.63) is 32.5 Å². The molecule has 2 rings (SSSR count). The lowest BCUT2D eigenvalue weighted by atomic mass is 10.1. The highest BCUT2D eigenvalue weighted by Gasteiger charge is 2.34. The van der Waals surface area contributed by atoms with Crippen LogP contribution in [-0.2, 0) is 6.18 Å². The van der Waals surface area contributed by atoms with E-state index in [4.69, 9.17) is 0 Å². The standard InChI is InChI=1S/C8H4BrF3N2O/c9-4-2-1-3(8(10,11)12)6-5(4)7(15)14-13-6/h1-2H,(H2,13,14,15). The summed E-state index contributed by atoms with van der Waals surface area (Å²) in [4.78, 5) is 11.2. The van der Waals surface area contributed by atoms with E-state index in [2.05, 4.69) is 26.1 Å². The van der Waals surface area contributed by atoms with Gasteiger partial charge in [-0.2, -0.15) is 13.2 Å². The normalized spacial score (nSPS) is 12.3. The highest BCUT2D eigenvalue weighted by molar-refractivity contribution is 9.10. The molecule has 0 saturated carbocycles. The van der Waals surface area contributed by atoms with Gasteiger partial charge in [-0.05, 0) is 28.1 Å². The molecule has 0 bridgehead atoms. The molecule has 0 fully saturated rings. The maximum atomic E-state index is 12.5. The predicted octanol–water partition coefficient (Wildman–Crippen LogP) is 2.64. The molecule has 2 aromatic rings. The SMILES string of the molecule is O=c1[nH][nH]c2c(C(F)(F)F)ccc(Br)c12. The molecule has 2 N–H and O–H groups in total. The smallest absolute Gasteiger partial charge is 0.297 e. The van der Waals surface area contributed by atoms with Gasteiger partial charge in [-0.3, -0.25) is 15.0 Å². The van der Waals surface area contributed by atoms with Crippen molar-refractivity contribution in [2.24, 2.45) is 0 Å². The number of benzene rings is 1. The van der Waals surface area contributed by atoms with E-state index >= 15 is 0 Å². The Morgan fingerprint density at radius 3 is 2.47 bits per heavy atom. The number of aromatic nitrogens is 2. The summed E-state index contributed by atoms with van der Waals surface area (Å²) in [6, 6.07) is 2.12. The second kappa shape index (κ2) is 3.13. The van der Waals surface area contributed by atoms with Crippen molar-refractivity contribution in [3.8, 4) is 0 Å². The Kier molecular flexibility index (Phi) is 2.14. The molecule has 1 aromatic carbocycles. The first-order valence-electron chi connectivity index (χ1n) is 3.87. The minimum atomic E-state index is -4.48. The summed E-state index contributed by atoms with van der Waals surface area (Å²) in [6.07, 6.45) is -4.48. The maximum absolute atomic E-state index is 12.5. The molecule has 15 heavy (non-hydrogen) atoms. The van der Waals surface area contributed by atoms with Crippen molar-refractivity contribution in [2.45, 2.75) is 6.18 Å². The first kappa shape index (κ1) is 10.3. The molecule has 3 nitrogen and oxygen atoms in total. The van der Waals surface area contributed by atoms with Gasteiger partial charge in [0.2, 0.25) is 0 Å². The average molecular weight is 281 g/mol. The largest absolute Gasteiger partial charge is 0.418 e. The summed E-state index contributed by atoms with van der Waals surface area (Å²) in [7, 11) is 0. The molecule has 0 saturated heterocycles. The van der Waals surface area contributed by atoms with Crippen LogP contribution in [0.2, 0.25) is 0 Å². The Bertz CT molecular complexity index is 569. The van der Waals surface area contributed by atoms with Gasteiger partial charge in [0.25, 0.3) is 5.56 Å².